The average Bonchev–Trinajstić information content (AvgIpc) is 2.25. The molecular formula is C9H14Cl3FN4. The predicted octanol–water partition coefficient (Wildman–Crippen LogP) is 2.28. The van der Waals surface area contributed by atoms with Crippen LogP contribution in [0.25, 0.3) is 0 Å². The molecule has 17 heavy (non-hydrogen) atoms. The summed E-state index contributed by atoms with van der Waals surface area (Å²) in [6, 6.07) is 0.256. The lowest BCUT2D eigenvalue weighted by Gasteiger charge is -2.24. The van der Waals surface area contributed by atoms with Gasteiger partial charge in [0.2, 0.25) is 5.28 Å². The van der Waals surface area contributed by atoms with E-state index < -0.39 is 5.82 Å². The molecule has 0 radical (unpaired) electrons. The quantitative estimate of drug-likeness (QED) is 0.823. The van der Waals surface area contributed by atoms with Gasteiger partial charge in [0.15, 0.2) is 11.6 Å². The highest BCUT2D eigenvalue weighted by atomic mass is 35.5. The number of hydrogen-bond donors (Lipinski definition) is 2. The van der Waals surface area contributed by atoms with E-state index in [2.05, 4.69) is 20.6 Å². The van der Waals surface area contributed by atoms with Crippen molar-refractivity contribution in [3.05, 3.63) is 17.3 Å². The van der Waals surface area contributed by atoms with Crippen LogP contribution in [0.2, 0.25) is 5.28 Å². The zero-order valence-electron chi connectivity index (χ0n) is 8.95. The highest BCUT2D eigenvalue weighted by molar-refractivity contribution is 6.28. The van der Waals surface area contributed by atoms with Crippen LogP contribution in [0.4, 0.5) is 10.2 Å². The van der Waals surface area contributed by atoms with Gasteiger partial charge in [0, 0.05) is 6.04 Å². The normalized spacial score (nSPS) is 15.6. The Balaban J connectivity index is 0.00000128. The van der Waals surface area contributed by atoms with Crippen molar-refractivity contribution in [3.63, 3.8) is 0 Å². The number of rotatable bonds is 2. The number of nitrogens with zero attached hydrogens (tertiary/aromatic N) is 2. The zero-order chi connectivity index (χ0) is 10.7. The molecule has 0 amide bonds. The number of aromatic nitrogens is 2. The van der Waals surface area contributed by atoms with Gasteiger partial charge in [-0.25, -0.2) is 9.37 Å². The summed E-state index contributed by atoms with van der Waals surface area (Å²) in [6.07, 6.45) is 3.00. The van der Waals surface area contributed by atoms with Crippen LogP contribution in [0.3, 0.4) is 0 Å². The fraction of sp³-hybridized carbons (Fsp3) is 0.556. The minimum atomic E-state index is -0.460. The summed E-state index contributed by atoms with van der Waals surface area (Å²) in [5.41, 5.74) is 0. The first-order chi connectivity index (χ1) is 7.25. The van der Waals surface area contributed by atoms with Crippen molar-refractivity contribution in [2.45, 2.75) is 18.9 Å². The van der Waals surface area contributed by atoms with Gasteiger partial charge in [-0.05, 0) is 37.5 Å². The van der Waals surface area contributed by atoms with E-state index in [1.54, 1.807) is 0 Å². The van der Waals surface area contributed by atoms with Gasteiger partial charge in [-0.15, -0.1) is 24.8 Å². The summed E-state index contributed by atoms with van der Waals surface area (Å²) in [6.45, 7) is 1.89. The maximum Gasteiger partial charge on any atom is 0.224 e. The summed E-state index contributed by atoms with van der Waals surface area (Å²) >= 11 is 5.59. The predicted molar refractivity (Wildman–Crippen MR) is 71.0 cm³/mol. The molecule has 0 saturated carbocycles. The second-order valence-corrected chi connectivity index (χ2v) is 3.84. The molecule has 0 aliphatic carbocycles. The van der Waals surface area contributed by atoms with E-state index in [-0.39, 0.29) is 42.0 Å². The maximum atomic E-state index is 13.3. The summed E-state index contributed by atoms with van der Waals surface area (Å²) < 4.78 is 13.3. The lowest BCUT2D eigenvalue weighted by molar-refractivity contribution is 0.475. The Labute approximate surface area is 117 Å². The Morgan fingerprint density at radius 3 is 2.65 bits per heavy atom. The molecule has 1 fully saturated rings. The van der Waals surface area contributed by atoms with Gasteiger partial charge in [0.1, 0.15) is 0 Å². The lowest BCUT2D eigenvalue weighted by Crippen LogP contribution is -2.35. The monoisotopic (exact) mass is 302 g/mol. The fourth-order valence-electron chi connectivity index (χ4n) is 1.61. The van der Waals surface area contributed by atoms with Crippen molar-refractivity contribution in [2.24, 2.45) is 0 Å². The summed E-state index contributed by atoms with van der Waals surface area (Å²) in [4.78, 5) is 7.37. The van der Waals surface area contributed by atoms with Crippen LogP contribution in [0.15, 0.2) is 6.20 Å². The zero-order valence-corrected chi connectivity index (χ0v) is 11.3. The Morgan fingerprint density at radius 1 is 1.35 bits per heavy atom. The average molecular weight is 304 g/mol. The standard InChI is InChI=1S/C9H12ClFN4.2ClH/c10-9-13-5-7(11)8(15-9)14-6-1-3-12-4-2-6;;/h5-6,12H,1-4H2,(H,13,14,15);2*1H. The molecule has 0 atom stereocenters. The van der Waals surface area contributed by atoms with Gasteiger partial charge < -0.3 is 10.6 Å². The molecule has 2 N–H and O–H groups in total. The molecule has 8 heteroatoms. The molecular weight excluding hydrogens is 289 g/mol. The molecule has 1 aromatic heterocycles. The van der Waals surface area contributed by atoms with Gasteiger partial charge in [0.25, 0.3) is 0 Å². The molecule has 0 bridgehead atoms. The molecule has 1 aromatic rings. The maximum absolute atomic E-state index is 13.3. The molecule has 2 rings (SSSR count). The molecule has 1 aliphatic heterocycles. The summed E-state index contributed by atoms with van der Waals surface area (Å²) in [5.74, 6) is -0.264. The molecule has 0 spiro atoms. The Hall–Kier alpha value is -0.360. The van der Waals surface area contributed by atoms with Crippen molar-refractivity contribution in [1.29, 1.82) is 0 Å². The van der Waals surface area contributed by atoms with Crippen LogP contribution in [0.1, 0.15) is 12.8 Å². The Bertz CT molecular complexity index is 347. The molecule has 98 valence electrons. The van der Waals surface area contributed by atoms with E-state index in [0.29, 0.717) is 0 Å². The minimum absolute atomic E-state index is 0. The first-order valence-corrected chi connectivity index (χ1v) is 5.29. The smallest absolute Gasteiger partial charge is 0.224 e. The second-order valence-electron chi connectivity index (χ2n) is 3.50. The minimum Gasteiger partial charge on any atom is -0.365 e. The van der Waals surface area contributed by atoms with Gasteiger partial charge in [0.05, 0.1) is 6.20 Å². The van der Waals surface area contributed by atoms with Crippen molar-refractivity contribution in [2.75, 3.05) is 18.4 Å². The van der Waals surface area contributed by atoms with Crippen LogP contribution in [0.5, 0.6) is 0 Å². The van der Waals surface area contributed by atoms with Crippen LogP contribution in [-0.2, 0) is 0 Å². The summed E-state index contributed by atoms with van der Waals surface area (Å²) in [7, 11) is 0. The SMILES string of the molecule is Cl.Cl.Fc1cnc(Cl)nc1NC1CCNCC1. The lowest BCUT2D eigenvalue weighted by atomic mass is 10.1. The molecule has 0 aromatic carbocycles. The Kier molecular flexibility index (Phi) is 7.70. The molecule has 0 unspecified atom stereocenters. The van der Waals surface area contributed by atoms with Crippen molar-refractivity contribution >= 4 is 42.2 Å². The van der Waals surface area contributed by atoms with Crippen molar-refractivity contribution in [1.82, 2.24) is 15.3 Å². The first kappa shape index (κ1) is 16.6. The van der Waals surface area contributed by atoms with Gasteiger partial charge in [-0.1, -0.05) is 0 Å². The highest BCUT2D eigenvalue weighted by Crippen LogP contribution is 2.15. The van der Waals surface area contributed by atoms with E-state index in [1.165, 1.54) is 0 Å². The summed E-state index contributed by atoms with van der Waals surface area (Å²) in [5, 5.41) is 6.34. The van der Waals surface area contributed by atoms with Gasteiger partial charge >= 0.3 is 0 Å². The van der Waals surface area contributed by atoms with Crippen LogP contribution in [0, 0.1) is 5.82 Å². The number of anilines is 1. The van der Waals surface area contributed by atoms with Crippen LogP contribution < -0.4 is 10.6 Å². The van der Waals surface area contributed by atoms with E-state index in [1.807, 2.05) is 0 Å². The highest BCUT2D eigenvalue weighted by Gasteiger charge is 2.15. The van der Waals surface area contributed by atoms with Crippen LogP contribution in [-0.4, -0.2) is 29.1 Å². The molecule has 2 heterocycles. The fourth-order valence-corrected chi connectivity index (χ4v) is 1.74. The third-order valence-corrected chi connectivity index (χ3v) is 2.58. The van der Waals surface area contributed by atoms with E-state index in [4.69, 9.17) is 11.6 Å². The van der Waals surface area contributed by atoms with E-state index in [9.17, 15) is 4.39 Å². The topological polar surface area (TPSA) is 49.8 Å². The van der Waals surface area contributed by atoms with Crippen molar-refractivity contribution in [3.8, 4) is 0 Å². The molecule has 1 aliphatic rings. The third kappa shape index (κ3) is 4.79. The van der Waals surface area contributed by atoms with E-state index in [0.717, 1.165) is 32.1 Å². The van der Waals surface area contributed by atoms with Crippen LogP contribution >= 0.6 is 36.4 Å². The van der Waals surface area contributed by atoms with Gasteiger partial charge in [-0.3, -0.25) is 0 Å². The largest absolute Gasteiger partial charge is 0.365 e. The van der Waals surface area contributed by atoms with Gasteiger partial charge in [-0.2, -0.15) is 4.98 Å². The third-order valence-electron chi connectivity index (χ3n) is 2.39. The van der Waals surface area contributed by atoms with E-state index >= 15 is 0 Å². The number of hydrogen-bond acceptors (Lipinski definition) is 4. The van der Waals surface area contributed by atoms with Crippen molar-refractivity contribution < 1.29 is 4.39 Å². The first-order valence-electron chi connectivity index (χ1n) is 4.91. The Morgan fingerprint density at radius 2 is 2.00 bits per heavy atom. The molecule has 1 saturated heterocycles. The number of nitrogens with one attached hydrogen (secondary N) is 2. The molecule has 4 nitrogen and oxygen atoms in total. The second kappa shape index (κ2) is 7.87. The number of piperidine rings is 1. The number of halogens is 4.